The quantitative estimate of drug-likeness (QED) is 0.710. The van der Waals surface area contributed by atoms with Crippen LogP contribution in [0.25, 0.3) is 0 Å². The molecule has 0 aromatic heterocycles. The summed E-state index contributed by atoms with van der Waals surface area (Å²) in [6, 6.07) is 0.0428. The normalized spacial score (nSPS) is 23.1. The Kier molecular flexibility index (Phi) is 4.40. The van der Waals surface area contributed by atoms with Crippen molar-refractivity contribution in [2.75, 3.05) is 26.7 Å². The van der Waals surface area contributed by atoms with Gasteiger partial charge in [-0.3, -0.25) is 4.90 Å². The minimum atomic E-state index is -0.469. The lowest BCUT2D eigenvalue weighted by Crippen LogP contribution is -2.53. The molecule has 1 atom stereocenters. The van der Waals surface area contributed by atoms with Gasteiger partial charge in [0.2, 0.25) is 0 Å². The van der Waals surface area contributed by atoms with Crippen LogP contribution in [0.2, 0.25) is 0 Å². The molecule has 1 heterocycles. The van der Waals surface area contributed by atoms with Gasteiger partial charge in [0.25, 0.3) is 0 Å². The number of hydrogen-bond acceptors (Lipinski definition) is 4. The molecule has 0 spiro atoms. The molecule has 1 saturated heterocycles. The highest BCUT2D eigenvalue weighted by atomic mass is 16.6. The van der Waals surface area contributed by atoms with E-state index in [1.807, 2.05) is 27.8 Å². The van der Waals surface area contributed by atoms with Crippen LogP contribution in [-0.2, 0) is 4.74 Å². The van der Waals surface area contributed by atoms with E-state index in [1.165, 1.54) is 0 Å². The van der Waals surface area contributed by atoms with Crippen molar-refractivity contribution in [2.45, 2.75) is 32.4 Å². The summed E-state index contributed by atoms with van der Waals surface area (Å²) in [5, 5.41) is 8.81. The Bertz CT molecular complexity index is 297. The first-order valence-electron chi connectivity index (χ1n) is 5.82. The summed E-state index contributed by atoms with van der Waals surface area (Å²) in [5.74, 6) is 0. The Morgan fingerprint density at radius 3 is 2.59 bits per heavy atom. The van der Waals surface area contributed by atoms with Gasteiger partial charge < -0.3 is 14.7 Å². The van der Waals surface area contributed by atoms with Crippen LogP contribution >= 0.6 is 0 Å². The number of nitrogens with zero attached hydrogens (tertiary/aromatic N) is 2. The standard InChI is InChI=1S/C12H22N2O3/c1-12(2,3)17-11(16)14-7-6-13(4)10(9-14)5-8-15/h5,8,10,15H,6-7,9H2,1-4H3/b8-5+/t10-/m0/s1. The van der Waals surface area contributed by atoms with E-state index < -0.39 is 5.60 Å². The lowest BCUT2D eigenvalue weighted by molar-refractivity contribution is 0.0115. The van der Waals surface area contributed by atoms with Gasteiger partial charge in [0.1, 0.15) is 5.60 Å². The minimum Gasteiger partial charge on any atom is -0.516 e. The predicted molar refractivity (Wildman–Crippen MR) is 66.0 cm³/mol. The Labute approximate surface area is 103 Å². The average molecular weight is 242 g/mol. The molecule has 1 rings (SSSR count). The fourth-order valence-electron chi connectivity index (χ4n) is 1.70. The smallest absolute Gasteiger partial charge is 0.410 e. The summed E-state index contributed by atoms with van der Waals surface area (Å²) in [5.41, 5.74) is -0.469. The average Bonchev–Trinajstić information content (AvgIpc) is 2.19. The van der Waals surface area contributed by atoms with Crippen molar-refractivity contribution in [3.63, 3.8) is 0 Å². The number of piperazine rings is 1. The molecule has 1 aliphatic rings. The van der Waals surface area contributed by atoms with Gasteiger partial charge in [-0.25, -0.2) is 4.79 Å². The lowest BCUT2D eigenvalue weighted by Gasteiger charge is -2.38. The van der Waals surface area contributed by atoms with Crippen molar-refractivity contribution < 1.29 is 14.6 Å². The zero-order valence-corrected chi connectivity index (χ0v) is 11.0. The van der Waals surface area contributed by atoms with E-state index in [9.17, 15) is 4.79 Å². The molecule has 0 bridgehead atoms. The first kappa shape index (κ1) is 13.8. The maximum atomic E-state index is 11.9. The SMILES string of the molecule is CN1CCN(C(=O)OC(C)(C)C)C[C@@H]1/C=C/O. The molecule has 1 amide bonds. The monoisotopic (exact) mass is 242 g/mol. The predicted octanol–water partition coefficient (Wildman–Crippen LogP) is 1.61. The van der Waals surface area contributed by atoms with Gasteiger partial charge in [-0.15, -0.1) is 0 Å². The van der Waals surface area contributed by atoms with E-state index >= 15 is 0 Å². The van der Waals surface area contributed by atoms with Crippen molar-refractivity contribution in [1.29, 1.82) is 0 Å². The minimum absolute atomic E-state index is 0.0428. The van der Waals surface area contributed by atoms with Crippen molar-refractivity contribution in [3.8, 4) is 0 Å². The summed E-state index contributed by atoms with van der Waals surface area (Å²) in [7, 11) is 1.97. The van der Waals surface area contributed by atoms with E-state index in [0.29, 0.717) is 13.1 Å². The second-order valence-corrected chi connectivity index (χ2v) is 5.32. The molecule has 0 radical (unpaired) electrons. The third-order valence-electron chi connectivity index (χ3n) is 2.66. The third-order valence-corrected chi connectivity index (χ3v) is 2.66. The van der Waals surface area contributed by atoms with Gasteiger partial charge in [0, 0.05) is 25.7 Å². The molecule has 5 heteroatoms. The van der Waals surface area contributed by atoms with Crippen molar-refractivity contribution in [2.24, 2.45) is 0 Å². The Morgan fingerprint density at radius 2 is 2.06 bits per heavy atom. The van der Waals surface area contributed by atoms with Gasteiger partial charge in [0.15, 0.2) is 0 Å². The fraction of sp³-hybridized carbons (Fsp3) is 0.750. The molecular formula is C12H22N2O3. The van der Waals surface area contributed by atoms with Crippen LogP contribution in [0.3, 0.4) is 0 Å². The number of aliphatic hydroxyl groups excluding tert-OH is 1. The number of hydrogen-bond donors (Lipinski definition) is 1. The van der Waals surface area contributed by atoms with E-state index in [1.54, 1.807) is 11.0 Å². The summed E-state index contributed by atoms with van der Waals surface area (Å²) >= 11 is 0. The van der Waals surface area contributed by atoms with Crippen molar-refractivity contribution in [3.05, 3.63) is 12.3 Å². The van der Waals surface area contributed by atoms with E-state index in [2.05, 4.69) is 4.90 Å². The van der Waals surface area contributed by atoms with E-state index in [-0.39, 0.29) is 12.1 Å². The molecule has 98 valence electrons. The Hall–Kier alpha value is -1.23. The summed E-state index contributed by atoms with van der Waals surface area (Å²) in [4.78, 5) is 15.6. The zero-order chi connectivity index (χ0) is 13.1. The number of carbonyl (C=O) groups excluding carboxylic acids is 1. The van der Waals surface area contributed by atoms with Crippen LogP contribution in [-0.4, -0.2) is 59.3 Å². The van der Waals surface area contributed by atoms with Gasteiger partial charge in [-0.05, 0) is 33.9 Å². The van der Waals surface area contributed by atoms with E-state index in [0.717, 1.165) is 12.8 Å². The third kappa shape index (κ3) is 4.26. The van der Waals surface area contributed by atoms with Crippen molar-refractivity contribution in [1.82, 2.24) is 9.80 Å². The molecule has 1 N–H and O–H groups in total. The van der Waals surface area contributed by atoms with Gasteiger partial charge in [-0.2, -0.15) is 0 Å². The van der Waals surface area contributed by atoms with Gasteiger partial charge >= 0.3 is 6.09 Å². The topological polar surface area (TPSA) is 53.0 Å². The largest absolute Gasteiger partial charge is 0.516 e. The highest BCUT2D eigenvalue weighted by Gasteiger charge is 2.28. The number of amides is 1. The zero-order valence-electron chi connectivity index (χ0n) is 11.0. The van der Waals surface area contributed by atoms with Crippen LogP contribution in [0, 0.1) is 0 Å². The lowest BCUT2D eigenvalue weighted by atomic mass is 10.2. The molecule has 5 nitrogen and oxygen atoms in total. The van der Waals surface area contributed by atoms with Crippen LogP contribution in [0.5, 0.6) is 0 Å². The van der Waals surface area contributed by atoms with Crippen molar-refractivity contribution >= 4 is 6.09 Å². The summed E-state index contributed by atoms with van der Waals surface area (Å²) in [6.07, 6.45) is 2.41. The van der Waals surface area contributed by atoms with Gasteiger partial charge in [-0.1, -0.05) is 0 Å². The first-order chi connectivity index (χ1) is 7.83. The van der Waals surface area contributed by atoms with E-state index in [4.69, 9.17) is 9.84 Å². The van der Waals surface area contributed by atoms with Crippen LogP contribution in [0.4, 0.5) is 4.79 Å². The summed E-state index contributed by atoms with van der Waals surface area (Å²) < 4.78 is 5.32. The molecule has 0 aromatic carbocycles. The highest BCUT2D eigenvalue weighted by molar-refractivity contribution is 5.68. The number of aliphatic hydroxyl groups is 1. The molecule has 0 aliphatic carbocycles. The number of ether oxygens (including phenoxy) is 1. The van der Waals surface area contributed by atoms with Crippen LogP contribution in [0.1, 0.15) is 20.8 Å². The summed E-state index contributed by atoms with van der Waals surface area (Å²) in [6.45, 7) is 7.53. The second kappa shape index (κ2) is 5.40. The molecule has 1 fully saturated rings. The molecule has 1 aliphatic heterocycles. The number of carbonyl (C=O) groups is 1. The Morgan fingerprint density at radius 1 is 1.41 bits per heavy atom. The number of likely N-dealkylation sites (N-methyl/N-ethyl adjacent to an activating group) is 1. The molecule has 17 heavy (non-hydrogen) atoms. The molecule has 0 aromatic rings. The molecular weight excluding hydrogens is 220 g/mol. The maximum absolute atomic E-state index is 11.9. The molecule has 0 unspecified atom stereocenters. The highest BCUT2D eigenvalue weighted by Crippen LogP contribution is 2.14. The van der Waals surface area contributed by atoms with Crippen LogP contribution < -0.4 is 0 Å². The van der Waals surface area contributed by atoms with Crippen LogP contribution in [0.15, 0.2) is 12.3 Å². The van der Waals surface area contributed by atoms with Gasteiger partial charge in [0.05, 0.1) is 6.26 Å². The first-order valence-corrected chi connectivity index (χ1v) is 5.82. The fourth-order valence-corrected chi connectivity index (χ4v) is 1.70. The Balaban J connectivity index is 2.58. The number of rotatable bonds is 1. The molecule has 0 saturated carbocycles. The maximum Gasteiger partial charge on any atom is 0.410 e. The second-order valence-electron chi connectivity index (χ2n) is 5.32.